The SMILES string of the molecule is CC(C)O.CC1(C)O[C@@H](C(O)(c2ccccc2)c2ccccc2)[C@H](C(O)(c2ccccc2)c2ccccc2)O1.O=S(=O)(O)C(F)(F)F.[Ti]. The van der Waals surface area contributed by atoms with Gasteiger partial charge in [0.05, 0.1) is 0 Å². The first-order chi connectivity index (χ1) is 21.8. The van der Waals surface area contributed by atoms with Crippen LogP contribution in [0.4, 0.5) is 13.2 Å². The Morgan fingerprint density at radius 1 is 0.625 bits per heavy atom. The van der Waals surface area contributed by atoms with Crippen molar-refractivity contribution in [3.63, 3.8) is 0 Å². The van der Waals surface area contributed by atoms with Gasteiger partial charge in [-0.25, -0.2) is 0 Å². The number of halogens is 3. The van der Waals surface area contributed by atoms with Crippen LogP contribution >= 0.6 is 0 Å². The van der Waals surface area contributed by atoms with Crippen LogP contribution in [0.1, 0.15) is 49.9 Å². The molecule has 0 saturated carbocycles. The third-order valence-electron chi connectivity index (χ3n) is 7.07. The molecule has 48 heavy (non-hydrogen) atoms. The number of alkyl halides is 3. The molecule has 1 saturated heterocycles. The minimum Gasteiger partial charge on any atom is -0.394 e. The van der Waals surface area contributed by atoms with Gasteiger partial charge in [0.15, 0.2) is 5.79 Å². The van der Waals surface area contributed by atoms with E-state index in [1.54, 1.807) is 13.8 Å². The Balaban J connectivity index is 0.000000530. The Morgan fingerprint density at radius 3 is 0.979 bits per heavy atom. The molecule has 0 radical (unpaired) electrons. The molecule has 0 amide bonds. The summed E-state index contributed by atoms with van der Waals surface area (Å²) in [5, 5.41) is 33.3. The minimum atomic E-state index is -5.84. The molecule has 8 nitrogen and oxygen atoms in total. The van der Waals surface area contributed by atoms with Crippen molar-refractivity contribution < 1.29 is 72.7 Å². The molecule has 5 rings (SSSR count). The summed E-state index contributed by atoms with van der Waals surface area (Å²) in [6.45, 7) is 7.07. The standard InChI is InChI=1S/C31H30O4.C3H8O.CHF3O3S.Ti/c1-29(2)34-27(30(32,23-15-7-3-8-16-23)24-17-9-4-10-18-24)28(35-29)31(33,25-19-11-5-12-20-25)26-21-13-6-14-22-26;1-3(2)4;2-1(3,4)8(5,6)7;/h3-22,27-28,32-33H,1-2H3;3-4H,1-2H3;(H,5,6,7);/t27-,28-;;;/m1.../s1. The number of aliphatic hydroxyl groups is 3. The minimum absolute atomic E-state index is 0. The van der Waals surface area contributed by atoms with Crippen molar-refractivity contribution >= 4 is 10.1 Å². The Bertz CT molecular complexity index is 1460. The van der Waals surface area contributed by atoms with Gasteiger partial charge in [0, 0.05) is 27.8 Å². The van der Waals surface area contributed by atoms with E-state index in [2.05, 4.69) is 0 Å². The molecule has 13 heteroatoms. The van der Waals surface area contributed by atoms with Gasteiger partial charge in [0.25, 0.3) is 0 Å². The third kappa shape index (κ3) is 9.84. The Morgan fingerprint density at radius 2 is 0.812 bits per heavy atom. The first-order valence-electron chi connectivity index (χ1n) is 14.6. The van der Waals surface area contributed by atoms with Crippen molar-refractivity contribution in [2.24, 2.45) is 0 Å². The van der Waals surface area contributed by atoms with Crippen LogP contribution in [-0.2, 0) is 52.5 Å². The van der Waals surface area contributed by atoms with E-state index >= 15 is 0 Å². The van der Waals surface area contributed by atoms with Crippen LogP contribution in [0.15, 0.2) is 121 Å². The van der Waals surface area contributed by atoms with Gasteiger partial charge in [-0.15, -0.1) is 0 Å². The van der Waals surface area contributed by atoms with Gasteiger partial charge >= 0.3 is 15.6 Å². The Kier molecular flexibility index (Phi) is 14.3. The van der Waals surface area contributed by atoms with E-state index in [-0.39, 0.29) is 27.8 Å². The Labute approximate surface area is 293 Å². The molecular formula is C35H39F3O8STi. The van der Waals surface area contributed by atoms with E-state index in [0.29, 0.717) is 22.3 Å². The maximum Gasteiger partial charge on any atom is 0.522 e. The fourth-order valence-corrected chi connectivity index (χ4v) is 5.13. The average molecular weight is 725 g/mol. The van der Waals surface area contributed by atoms with Gasteiger partial charge in [-0.3, -0.25) is 4.55 Å². The van der Waals surface area contributed by atoms with E-state index in [1.165, 1.54) is 0 Å². The van der Waals surface area contributed by atoms with Crippen LogP contribution in [0, 0.1) is 0 Å². The van der Waals surface area contributed by atoms with E-state index in [4.69, 9.17) is 27.6 Å². The summed E-state index contributed by atoms with van der Waals surface area (Å²) in [7, 11) is -5.84. The summed E-state index contributed by atoms with van der Waals surface area (Å²) < 4.78 is 70.5. The van der Waals surface area contributed by atoms with Gasteiger partial charge in [0.2, 0.25) is 0 Å². The van der Waals surface area contributed by atoms with Gasteiger partial charge < -0.3 is 24.8 Å². The van der Waals surface area contributed by atoms with E-state index < -0.39 is 44.8 Å². The van der Waals surface area contributed by atoms with Crippen molar-refractivity contribution in [1.29, 1.82) is 0 Å². The summed E-state index contributed by atoms with van der Waals surface area (Å²) in [5.74, 6) is -1.05. The van der Waals surface area contributed by atoms with Gasteiger partial charge in [-0.05, 0) is 49.9 Å². The van der Waals surface area contributed by atoms with Crippen molar-refractivity contribution in [2.45, 2.75) is 68.5 Å². The molecule has 0 aromatic heterocycles. The molecule has 0 aliphatic carbocycles. The second-order valence-electron chi connectivity index (χ2n) is 11.5. The maximum atomic E-state index is 12.6. The third-order valence-corrected chi connectivity index (χ3v) is 7.65. The van der Waals surface area contributed by atoms with Crippen LogP contribution in [0.2, 0.25) is 0 Å². The summed E-state index contributed by atoms with van der Waals surface area (Å²) in [6.07, 6.45) is -2.04. The van der Waals surface area contributed by atoms with Crippen molar-refractivity contribution in [3.05, 3.63) is 144 Å². The number of hydrogen-bond donors (Lipinski definition) is 4. The predicted molar refractivity (Wildman–Crippen MR) is 171 cm³/mol. The molecule has 0 spiro atoms. The maximum absolute atomic E-state index is 12.6. The Hall–Kier alpha value is -2.91. The molecule has 4 aromatic rings. The van der Waals surface area contributed by atoms with E-state index in [0.717, 1.165) is 0 Å². The molecule has 1 aliphatic rings. The first kappa shape index (κ1) is 41.3. The summed E-state index contributed by atoms with van der Waals surface area (Å²) in [6, 6.07) is 37.8. The fourth-order valence-electron chi connectivity index (χ4n) is 5.13. The van der Waals surface area contributed by atoms with E-state index in [9.17, 15) is 23.4 Å². The molecular weight excluding hydrogens is 685 g/mol. The molecule has 0 bridgehead atoms. The van der Waals surface area contributed by atoms with Crippen molar-refractivity contribution in [2.75, 3.05) is 0 Å². The van der Waals surface area contributed by atoms with Crippen LogP contribution < -0.4 is 0 Å². The normalized spacial score (nSPS) is 17.7. The smallest absolute Gasteiger partial charge is 0.394 e. The quantitative estimate of drug-likeness (QED) is 0.106. The van der Waals surface area contributed by atoms with Crippen LogP contribution in [-0.4, -0.2) is 57.9 Å². The molecule has 4 N–H and O–H groups in total. The molecule has 0 unspecified atom stereocenters. The zero-order chi connectivity index (χ0) is 35.1. The zero-order valence-electron chi connectivity index (χ0n) is 26.7. The average Bonchev–Trinajstić information content (AvgIpc) is 3.37. The predicted octanol–water partition coefficient (Wildman–Crippen LogP) is 6.16. The second kappa shape index (κ2) is 16.7. The van der Waals surface area contributed by atoms with Gasteiger partial charge in [0.1, 0.15) is 23.4 Å². The van der Waals surface area contributed by atoms with Crippen LogP contribution in [0.25, 0.3) is 0 Å². The zero-order valence-corrected chi connectivity index (χ0v) is 29.1. The molecule has 1 heterocycles. The van der Waals surface area contributed by atoms with Crippen LogP contribution in [0.5, 0.6) is 0 Å². The molecule has 1 aliphatic heterocycles. The molecule has 258 valence electrons. The van der Waals surface area contributed by atoms with Crippen LogP contribution in [0.3, 0.4) is 0 Å². The molecule has 4 aromatic carbocycles. The van der Waals surface area contributed by atoms with Gasteiger partial charge in [-0.2, -0.15) is 21.6 Å². The number of ether oxygens (including phenoxy) is 2. The summed E-state index contributed by atoms with van der Waals surface area (Å²) >= 11 is 0. The van der Waals surface area contributed by atoms with E-state index in [1.807, 2.05) is 135 Å². The molecule has 1 fully saturated rings. The number of aliphatic hydroxyl groups excluding tert-OH is 1. The number of hydrogen-bond acceptors (Lipinski definition) is 7. The number of benzene rings is 4. The number of rotatable bonds is 6. The topological polar surface area (TPSA) is 134 Å². The van der Waals surface area contributed by atoms with Gasteiger partial charge in [-0.1, -0.05) is 121 Å². The molecule has 2 atom stereocenters. The second-order valence-corrected chi connectivity index (χ2v) is 12.9. The first-order valence-corrected chi connectivity index (χ1v) is 16.0. The summed E-state index contributed by atoms with van der Waals surface area (Å²) in [5.41, 5.74) is -6.10. The van der Waals surface area contributed by atoms with Crippen molar-refractivity contribution in [3.8, 4) is 0 Å². The van der Waals surface area contributed by atoms with Crippen molar-refractivity contribution in [1.82, 2.24) is 0 Å². The monoisotopic (exact) mass is 724 g/mol. The largest absolute Gasteiger partial charge is 0.522 e. The fraction of sp³-hybridized carbons (Fsp3) is 0.314. The summed E-state index contributed by atoms with van der Waals surface area (Å²) in [4.78, 5) is 0.